The lowest BCUT2D eigenvalue weighted by Crippen LogP contribution is -2.01. The summed E-state index contributed by atoms with van der Waals surface area (Å²) >= 11 is 0. The maximum Gasteiger partial charge on any atom is 0.337 e. The van der Waals surface area contributed by atoms with E-state index < -0.39 is 0 Å². The van der Waals surface area contributed by atoms with Crippen LogP contribution in [0.3, 0.4) is 0 Å². The molecule has 76 valence electrons. The molecule has 0 radical (unpaired) electrons. The van der Waals surface area contributed by atoms with Gasteiger partial charge in [0, 0.05) is 5.69 Å². The van der Waals surface area contributed by atoms with Gasteiger partial charge in [0.05, 0.1) is 12.7 Å². The number of hydrogen-bond donors (Lipinski definition) is 0. The van der Waals surface area contributed by atoms with Crippen molar-refractivity contribution in [2.24, 2.45) is 0 Å². The number of ether oxygens (including phenoxy) is 1. The van der Waals surface area contributed by atoms with Gasteiger partial charge in [-0.05, 0) is 24.3 Å². The molecule has 0 bridgehead atoms. The van der Waals surface area contributed by atoms with E-state index in [1.165, 1.54) is 7.11 Å². The molecule has 0 spiro atoms. The number of hydrogen-bond acceptors (Lipinski definition) is 4. The SMILES string of the molecule is COC(=O)c1ccc(-n2cnnc2)cc1. The van der Waals surface area contributed by atoms with Gasteiger partial charge in [-0.25, -0.2) is 4.79 Å². The van der Waals surface area contributed by atoms with Crippen LogP contribution in [0.1, 0.15) is 10.4 Å². The molecule has 0 unspecified atom stereocenters. The second-order valence-corrected chi connectivity index (χ2v) is 2.91. The zero-order valence-corrected chi connectivity index (χ0v) is 8.12. The van der Waals surface area contributed by atoms with Crippen LogP contribution in [0, 0.1) is 0 Å². The molecule has 0 aliphatic heterocycles. The first-order valence-electron chi connectivity index (χ1n) is 4.34. The van der Waals surface area contributed by atoms with Crippen molar-refractivity contribution in [3.8, 4) is 5.69 Å². The Labute approximate surface area is 86.3 Å². The van der Waals surface area contributed by atoms with Crippen molar-refractivity contribution < 1.29 is 9.53 Å². The van der Waals surface area contributed by atoms with Crippen molar-refractivity contribution in [3.63, 3.8) is 0 Å². The molecule has 1 heterocycles. The van der Waals surface area contributed by atoms with Crippen molar-refractivity contribution >= 4 is 5.97 Å². The number of esters is 1. The first-order chi connectivity index (χ1) is 7.31. The van der Waals surface area contributed by atoms with Gasteiger partial charge in [-0.2, -0.15) is 0 Å². The Balaban J connectivity index is 2.29. The second kappa shape index (κ2) is 3.91. The number of methoxy groups -OCH3 is 1. The van der Waals surface area contributed by atoms with E-state index in [0.717, 1.165) is 5.69 Å². The lowest BCUT2D eigenvalue weighted by molar-refractivity contribution is 0.0601. The minimum absolute atomic E-state index is 0.342. The van der Waals surface area contributed by atoms with E-state index in [1.807, 2.05) is 0 Å². The van der Waals surface area contributed by atoms with Crippen molar-refractivity contribution in [2.75, 3.05) is 7.11 Å². The van der Waals surface area contributed by atoms with Gasteiger partial charge in [0.25, 0.3) is 0 Å². The Morgan fingerprint density at radius 3 is 2.33 bits per heavy atom. The van der Waals surface area contributed by atoms with Gasteiger partial charge in [0.15, 0.2) is 0 Å². The van der Waals surface area contributed by atoms with E-state index >= 15 is 0 Å². The second-order valence-electron chi connectivity index (χ2n) is 2.91. The Bertz CT molecular complexity index is 448. The van der Waals surface area contributed by atoms with Crippen LogP contribution in [-0.4, -0.2) is 27.8 Å². The van der Waals surface area contributed by atoms with Gasteiger partial charge in [-0.1, -0.05) is 0 Å². The summed E-state index contributed by atoms with van der Waals surface area (Å²) in [5.41, 5.74) is 1.42. The van der Waals surface area contributed by atoms with Crippen molar-refractivity contribution in [1.29, 1.82) is 0 Å². The molecule has 0 saturated carbocycles. The summed E-state index contributed by atoms with van der Waals surface area (Å²) in [7, 11) is 1.36. The zero-order valence-electron chi connectivity index (χ0n) is 8.12. The highest BCUT2D eigenvalue weighted by Gasteiger charge is 2.04. The Hall–Kier alpha value is -2.17. The van der Waals surface area contributed by atoms with E-state index in [0.29, 0.717) is 5.56 Å². The summed E-state index contributed by atoms with van der Waals surface area (Å²) in [4.78, 5) is 11.2. The normalized spacial score (nSPS) is 9.93. The molecular weight excluding hydrogens is 194 g/mol. The molecule has 15 heavy (non-hydrogen) atoms. The minimum Gasteiger partial charge on any atom is -0.465 e. The van der Waals surface area contributed by atoms with Gasteiger partial charge < -0.3 is 4.74 Å². The summed E-state index contributed by atoms with van der Waals surface area (Å²) < 4.78 is 6.35. The molecule has 0 saturated heterocycles. The standard InChI is InChI=1S/C10H9N3O2/c1-15-10(14)8-2-4-9(5-3-8)13-6-11-12-7-13/h2-7H,1H3. The molecule has 0 atom stereocenters. The fourth-order valence-corrected chi connectivity index (χ4v) is 1.22. The molecule has 0 fully saturated rings. The van der Waals surface area contributed by atoms with E-state index in [9.17, 15) is 4.79 Å². The lowest BCUT2D eigenvalue weighted by atomic mass is 10.2. The molecule has 1 aromatic heterocycles. The summed E-state index contributed by atoms with van der Waals surface area (Å²) in [5, 5.41) is 7.39. The van der Waals surface area contributed by atoms with E-state index in [4.69, 9.17) is 0 Å². The third kappa shape index (κ3) is 1.85. The number of carbonyl (C=O) groups excluding carboxylic acids is 1. The van der Waals surface area contributed by atoms with E-state index in [-0.39, 0.29) is 5.97 Å². The Morgan fingerprint density at radius 1 is 1.20 bits per heavy atom. The van der Waals surface area contributed by atoms with Crippen LogP contribution in [0.15, 0.2) is 36.9 Å². The molecule has 0 aliphatic rings. The molecule has 2 aromatic rings. The summed E-state index contributed by atoms with van der Waals surface area (Å²) in [6.45, 7) is 0. The van der Waals surface area contributed by atoms with Crippen molar-refractivity contribution in [1.82, 2.24) is 14.8 Å². The highest BCUT2D eigenvalue weighted by atomic mass is 16.5. The fraction of sp³-hybridized carbons (Fsp3) is 0.100. The zero-order chi connectivity index (χ0) is 10.7. The van der Waals surface area contributed by atoms with Crippen LogP contribution in [-0.2, 0) is 4.74 Å². The first-order valence-corrected chi connectivity index (χ1v) is 4.34. The molecule has 1 aromatic carbocycles. The van der Waals surface area contributed by atoms with Crippen LogP contribution in [0.2, 0.25) is 0 Å². The predicted octanol–water partition coefficient (Wildman–Crippen LogP) is 1.05. The van der Waals surface area contributed by atoms with Crippen LogP contribution in [0.4, 0.5) is 0 Å². The van der Waals surface area contributed by atoms with E-state index in [2.05, 4.69) is 14.9 Å². The molecule has 5 nitrogen and oxygen atoms in total. The van der Waals surface area contributed by atoms with Crippen molar-refractivity contribution in [3.05, 3.63) is 42.5 Å². The Morgan fingerprint density at radius 2 is 1.80 bits per heavy atom. The number of carbonyl (C=O) groups is 1. The summed E-state index contributed by atoms with van der Waals surface area (Å²) in [6.07, 6.45) is 3.18. The monoisotopic (exact) mass is 203 g/mol. The van der Waals surface area contributed by atoms with Crippen LogP contribution < -0.4 is 0 Å². The number of benzene rings is 1. The van der Waals surface area contributed by atoms with Crippen LogP contribution in [0.5, 0.6) is 0 Å². The maximum absolute atomic E-state index is 11.2. The predicted molar refractivity (Wildman–Crippen MR) is 52.7 cm³/mol. The summed E-state index contributed by atoms with van der Waals surface area (Å²) in [5.74, 6) is -0.342. The number of nitrogens with zero attached hydrogens (tertiary/aromatic N) is 3. The topological polar surface area (TPSA) is 57.0 Å². The van der Waals surface area contributed by atoms with Gasteiger partial charge in [0.1, 0.15) is 12.7 Å². The van der Waals surface area contributed by atoms with Gasteiger partial charge >= 0.3 is 5.97 Å². The number of aromatic nitrogens is 3. The third-order valence-corrected chi connectivity index (χ3v) is 2.01. The van der Waals surface area contributed by atoms with Crippen molar-refractivity contribution in [2.45, 2.75) is 0 Å². The highest BCUT2D eigenvalue weighted by molar-refractivity contribution is 5.89. The molecular formula is C10H9N3O2. The van der Waals surface area contributed by atoms with Crippen LogP contribution in [0.25, 0.3) is 5.69 Å². The smallest absolute Gasteiger partial charge is 0.337 e. The van der Waals surface area contributed by atoms with Gasteiger partial charge in [-0.15, -0.1) is 10.2 Å². The maximum atomic E-state index is 11.2. The quantitative estimate of drug-likeness (QED) is 0.684. The number of rotatable bonds is 2. The largest absolute Gasteiger partial charge is 0.465 e. The average molecular weight is 203 g/mol. The molecule has 0 aliphatic carbocycles. The van der Waals surface area contributed by atoms with Gasteiger partial charge in [-0.3, -0.25) is 4.57 Å². The molecule has 2 rings (SSSR count). The highest BCUT2D eigenvalue weighted by Crippen LogP contribution is 2.09. The molecule has 0 amide bonds. The fourth-order valence-electron chi connectivity index (χ4n) is 1.22. The average Bonchev–Trinajstić information content (AvgIpc) is 2.82. The molecule has 5 heteroatoms. The first kappa shape index (κ1) is 9.39. The molecule has 0 N–H and O–H groups in total. The summed E-state index contributed by atoms with van der Waals surface area (Å²) in [6, 6.07) is 6.99. The van der Waals surface area contributed by atoms with E-state index in [1.54, 1.807) is 41.5 Å². The lowest BCUT2D eigenvalue weighted by Gasteiger charge is -2.02. The Kier molecular flexibility index (Phi) is 2.45. The third-order valence-electron chi connectivity index (χ3n) is 2.01. The van der Waals surface area contributed by atoms with Crippen LogP contribution >= 0.6 is 0 Å². The van der Waals surface area contributed by atoms with Gasteiger partial charge in [0.2, 0.25) is 0 Å². The minimum atomic E-state index is -0.342.